The summed E-state index contributed by atoms with van der Waals surface area (Å²) >= 11 is 7.90. The summed E-state index contributed by atoms with van der Waals surface area (Å²) in [6.45, 7) is 0.000449. The zero-order valence-corrected chi connectivity index (χ0v) is 21.5. The molecule has 0 aliphatic rings. The van der Waals surface area contributed by atoms with Crippen LogP contribution in [0.5, 0.6) is 5.75 Å². The van der Waals surface area contributed by atoms with Crippen LogP contribution in [0.15, 0.2) is 77.7 Å². The summed E-state index contributed by atoms with van der Waals surface area (Å²) in [4.78, 5) is 12.7. The van der Waals surface area contributed by atoms with Gasteiger partial charge in [-0.2, -0.15) is 11.8 Å². The van der Waals surface area contributed by atoms with E-state index in [1.54, 1.807) is 54.2 Å². The minimum Gasteiger partial charge on any atom is -0.495 e. The number of rotatable bonds is 12. The molecule has 0 saturated carbocycles. The summed E-state index contributed by atoms with van der Waals surface area (Å²) in [6.07, 6.45) is 0.706. The topological polar surface area (TPSA) is 75.7 Å². The molecule has 3 aromatic rings. The molecular formula is C25H26ClFN2O4S2. The number of nitrogens with zero attached hydrogens (tertiary/aromatic N) is 1. The fourth-order valence-corrected chi connectivity index (χ4v) is 5.81. The number of methoxy groups -OCH3 is 1. The highest BCUT2D eigenvalue weighted by atomic mass is 35.5. The lowest BCUT2D eigenvalue weighted by atomic mass is 10.2. The Balaban J connectivity index is 1.61. The van der Waals surface area contributed by atoms with Crippen LogP contribution in [0.2, 0.25) is 5.02 Å². The van der Waals surface area contributed by atoms with Crippen molar-refractivity contribution in [3.63, 3.8) is 0 Å². The number of thioether (sulfide) groups is 1. The Bertz CT molecular complexity index is 1230. The maximum Gasteiger partial charge on any atom is 0.264 e. The van der Waals surface area contributed by atoms with Gasteiger partial charge in [0.2, 0.25) is 5.91 Å². The summed E-state index contributed by atoms with van der Waals surface area (Å²) in [5.41, 5.74) is 1.28. The Hall–Kier alpha value is -2.75. The van der Waals surface area contributed by atoms with Crippen LogP contribution in [0.4, 0.5) is 10.1 Å². The lowest BCUT2D eigenvalue weighted by molar-refractivity contribution is -0.119. The van der Waals surface area contributed by atoms with Crippen LogP contribution < -0.4 is 14.4 Å². The molecule has 0 heterocycles. The van der Waals surface area contributed by atoms with Crippen LogP contribution in [0.3, 0.4) is 0 Å². The molecule has 0 spiro atoms. The normalized spacial score (nSPS) is 11.2. The summed E-state index contributed by atoms with van der Waals surface area (Å²) in [5, 5.41) is 3.02. The van der Waals surface area contributed by atoms with E-state index in [-0.39, 0.29) is 21.4 Å². The Morgan fingerprint density at radius 2 is 1.80 bits per heavy atom. The Kier molecular flexibility index (Phi) is 9.83. The number of ether oxygens (including phenoxy) is 1. The monoisotopic (exact) mass is 536 g/mol. The Labute approximate surface area is 214 Å². The summed E-state index contributed by atoms with van der Waals surface area (Å²) in [7, 11) is -2.55. The van der Waals surface area contributed by atoms with E-state index in [1.165, 1.54) is 37.4 Å². The van der Waals surface area contributed by atoms with Gasteiger partial charge in [-0.05, 0) is 60.2 Å². The first-order valence-electron chi connectivity index (χ1n) is 10.8. The third-order valence-corrected chi connectivity index (χ3v) is 8.21. The third-order valence-electron chi connectivity index (χ3n) is 5.01. The van der Waals surface area contributed by atoms with Gasteiger partial charge in [-0.1, -0.05) is 41.9 Å². The van der Waals surface area contributed by atoms with Gasteiger partial charge in [0.25, 0.3) is 10.0 Å². The van der Waals surface area contributed by atoms with Gasteiger partial charge in [-0.25, -0.2) is 12.8 Å². The van der Waals surface area contributed by atoms with Crippen LogP contribution in [-0.2, 0) is 20.6 Å². The molecule has 35 heavy (non-hydrogen) atoms. The molecule has 1 N–H and O–H groups in total. The maximum atomic E-state index is 13.3. The quantitative estimate of drug-likeness (QED) is 0.325. The molecule has 10 heteroatoms. The fraction of sp³-hybridized carbons (Fsp3) is 0.240. The lowest BCUT2D eigenvalue weighted by Crippen LogP contribution is -2.41. The van der Waals surface area contributed by atoms with E-state index in [0.29, 0.717) is 18.7 Å². The molecule has 0 aliphatic heterocycles. The number of nitrogens with one attached hydrogen (secondary N) is 1. The first-order valence-corrected chi connectivity index (χ1v) is 13.8. The SMILES string of the molecule is COc1ccc(N(CC(=O)NCCCSCc2ccc(F)cc2)S(=O)(=O)c2ccccc2)cc1Cl. The molecule has 0 atom stereocenters. The van der Waals surface area contributed by atoms with Crippen molar-refractivity contribution in [2.24, 2.45) is 0 Å². The van der Waals surface area contributed by atoms with E-state index >= 15 is 0 Å². The summed E-state index contributed by atoms with van der Waals surface area (Å²) < 4.78 is 45.9. The van der Waals surface area contributed by atoms with E-state index in [0.717, 1.165) is 21.4 Å². The molecule has 3 aromatic carbocycles. The highest BCUT2D eigenvalue weighted by Gasteiger charge is 2.27. The van der Waals surface area contributed by atoms with Crippen molar-refractivity contribution in [1.82, 2.24) is 5.32 Å². The molecule has 0 aliphatic carbocycles. The molecule has 6 nitrogen and oxygen atoms in total. The first-order chi connectivity index (χ1) is 16.8. The molecule has 3 rings (SSSR count). The number of halogens is 2. The van der Waals surface area contributed by atoms with Gasteiger partial charge in [0.05, 0.1) is 22.7 Å². The van der Waals surface area contributed by atoms with Crippen LogP contribution >= 0.6 is 23.4 Å². The fourth-order valence-electron chi connectivity index (χ4n) is 3.20. The van der Waals surface area contributed by atoms with Crippen LogP contribution in [0.25, 0.3) is 0 Å². The van der Waals surface area contributed by atoms with E-state index in [9.17, 15) is 17.6 Å². The van der Waals surface area contributed by atoms with Crippen LogP contribution in [0, 0.1) is 5.82 Å². The molecule has 1 amide bonds. The number of carbonyl (C=O) groups is 1. The molecule has 0 aromatic heterocycles. The van der Waals surface area contributed by atoms with Crippen molar-refractivity contribution in [2.75, 3.05) is 30.3 Å². The van der Waals surface area contributed by atoms with Crippen molar-refractivity contribution in [2.45, 2.75) is 17.1 Å². The summed E-state index contributed by atoms with van der Waals surface area (Å²) in [6, 6.07) is 18.8. The number of hydrogen-bond donors (Lipinski definition) is 1. The van der Waals surface area contributed by atoms with Crippen molar-refractivity contribution >= 4 is 45.0 Å². The van der Waals surface area contributed by atoms with Gasteiger partial charge in [-0.15, -0.1) is 0 Å². The van der Waals surface area contributed by atoms with Crippen molar-refractivity contribution in [3.8, 4) is 5.75 Å². The number of benzene rings is 3. The number of amides is 1. The second-order valence-electron chi connectivity index (χ2n) is 7.53. The van der Waals surface area contributed by atoms with Crippen molar-refractivity contribution < 1.29 is 22.3 Å². The van der Waals surface area contributed by atoms with E-state index in [1.807, 2.05) is 0 Å². The van der Waals surface area contributed by atoms with Gasteiger partial charge in [0.1, 0.15) is 18.1 Å². The molecule has 0 radical (unpaired) electrons. The molecule has 0 saturated heterocycles. The minimum absolute atomic E-state index is 0.0666. The average Bonchev–Trinajstić information content (AvgIpc) is 2.86. The van der Waals surface area contributed by atoms with Crippen LogP contribution in [-0.4, -0.2) is 40.3 Å². The van der Waals surface area contributed by atoms with Gasteiger partial charge in [0.15, 0.2) is 0 Å². The predicted octanol–water partition coefficient (Wildman–Crippen LogP) is 5.12. The second-order valence-corrected chi connectivity index (χ2v) is 10.9. The minimum atomic E-state index is -4.02. The number of carbonyl (C=O) groups excluding carboxylic acids is 1. The smallest absolute Gasteiger partial charge is 0.264 e. The Morgan fingerprint density at radius 3 is 2.46 bits per heavy atom. The average molecular weight is 537 g/mol. The van der Waals surface area contributed by atoms with E-state index < -0.39 is 22.5 Å². The van der Waals surface area contributed by atoms with Gasteiger partial charge >= 0.3 is 0 Å². The highest BCUT2D eigenvalue weighted by Crippen LogP contribution is 2.31. The highest BCUT2D eigenvalue weighted by molar-refractivity contribution is 7.98. The Morgan fingerprint density at radius 1 is 1.09 bits per heavy atom. The predicted molar refractivity (Wildman–Crippen MR) is 139 cm³/mol. The zero-order valence-electron chi connectivity index (χ0n) is 19.1. The third kappa shape index (κ3) is 7.62. The standard InChI is InChI=1S/C25H26ClFN2O4S2/c1-33-24-13-12-21(16-23(24)26)29(35(31,32)22-6-3-2-4-7-22)17-25(30)28-14-5-15-34-18-19-8-10-20(27)11-9-19/h2-4,6-13,16H,5,14-15,17-18H2,1H3,(H,28,30). The summed E-state index contributed by atoms with van der Waals surface area (Å²) in [5.74, 6) is 1.24. The number of sulfonamides is 1. The lowest BCUT2D eigenvalue weighted by Gasteiger charge is -2.24. The van der Waals surface area contributed by atoms with E-state index in [4.69, 9.17) is 16.3 Å². The zero-order chi connectivity index (χ0) is 25.3. The number of hydrogen-bond acceptors (Lipinski definition) is 5. The van der Waals surface area contributed by atoms with Crippen LogP contribution in [0.1, 0.15) is 12.0 Å². The van der Waals surface area contributed by atoms with Crippen molar-refractivity contribution in [3.05, 3.63) is 89.2 Å². The molecular weight excluding hydrogens is 511 g/mol. The van der Waals surface area contributed by atoms with Crippen molar-refractivity contribution in [1.29, 1.82) is 0 Å². The molecule has 0 unspecified atom stereocenters. The second kappa shape index (κ2) is 12.8. The van der Waals surface area contributed by atoms with Gasteiger partial charge in [-0.3, -0.25) is 9.10 Å². The maximum absolute atomic E-state index is 13.3. The van der Waals surface area contributed by atoms with Gasteiger partial charge in [0, 0.05) is 12.3 Å². The molecule has 0 fully saturated rings. The van der Waals surface area contributed by atoms with Gasteiger partial charge < -0.3 is 10.1 Å². The largest absolute Gasteiger partial charge is 0.495 e. The molecule has 0 bridgehead atoms. The molecule has 186 valence electrons. The van der Waals surface area contributed by atoms with E-state index in [2.05, 4.69) is 5.32 Å². The first kappa shape index (κ1) is 26.8. The number of anilines is 1.